The van der Waals surface area contributed by atoms with Crippen molar-refractivity contribution in [3.63, 3.8) is 0 Å². The second-order valence-electron chi connectivity index (χ2n) is 8.36. The molecular weight excluding hydrogens is 402 g/mol. The van der Waals surface area contributed by atoms with Crippen LogP contribution in [0.25, 0.3) is 11.1 Å². The Morgan fingerprint density at radius 3 is 2.43 bits per heavy atom. The van der Waals surface area contributed by atoms with Crippen molar-refractivity contribution in [3.8, 4) is 11.1 Å². The summed E-state index contributed by atoms with van der Waals surface area (Å²) in [4.78, 5) is 37.5. The topological polar surface area (TPSA) is 92.7 Å². The molecule has 158 valence electrons. The predicted molar refractivity (Wildman–Crippen MR) is 115 cm³/mol. The van der Waals surface area contributed by atoms with Crippen molar-refractivity contribution < 1.29 is 24.2 Å². The number of hydrogen-bond donors (Lipinski definition) is 2. The lowest BCUT2D eigenvalue weighted by Crippen LogP contribution is -2.37. The molecule has 2 saturated carbocycles. The number of carbonyl (C=O) groups excluding carboxylic acids is 2. The summed E-state index contributed by atoms with van der Waals surface area (Å²) in [5.74, 6) is -2.79. The van der Waals surface area contributed by atoms with Crippen LogP contribution in [0.15, 0.2) is 23.6 Å². The molecule has 2 fully saturated rings. The molecule has 1 aromatic carbocycles. The molecule has 7 heteroatoms. The Hall–Kier alpha value is -2.67. The Morgan fingerprint density at radius 2 is 1.80 bits per heavy atom. The van der Waals surface area contributed by atoms with E-state index in [9.17, 15) is 19.5 Å². The minimum Gasteiger partial charge on any atom is -0.481 e. The van der Waals surface area contributed by atoms with Crippen LogP contribution in [0.2, 0.25) is 0 Å². The number of fused-ring (bicyclic) bond motifs is 2. The fraction of sp³-hybridized carbons (Fsp3) is 0.435. The van der Waals surface area contributed by atoms with E-state index in [0.29, 0.717) is 16.1 Å². The Kier molecular flexibility index (Phi) is 5.40. The summed E-state index contributed by atoms with van der Waals surface area (Å²) >= 11 is 1.26. The van der Waals surface area contributed by atoms with Crippen LogP contribution in [-0.2, 0) is 14.3 Å². The molecule has 0 spiro atoms. The van der Waals surface area contributed by atoms with Gasteiger partial charge < -0.3 is 15.2 Å². The average Bonchev–Trinajstić information content (AvgIpc) is 3.43. The molecule has 1 heterocycles. The summed E-state index contributed by atoms with van der Waals surface area (Å²) in [7, 11) is 1.31. The SMILES string of the molecule is COC(=O)c1c(-c2ccc(C)c(C)c2)csc1NC(=O)[C@H]1[C@@H]2CC[C@@H](C2)[C@@H]1C(=O)O. The number of aryl methyl sites for hydroxylation is 2. The molecule has 2 aromatic rings. The summed E-state index contributed by atoms with van der Waals surface area (Å²) in [5, 5.41) is 14.8. The van der Waals surface area contributed by atoms with E-state index < -0.39 is 23.8 Å². The molecule has 2 bridgehead atoms. The second kappa shape index (κ2) is 7.87. The van der Waals surface area contributed by atoms with Crippen LogP contribution in [0.3, 0.4) is 0 Å². The van der Waals surface area contributed by atoms with Crippen molar-refractivity contribution in [1.82, 2.24) is 0 Å². The monoisotopic (exact) mass is 427 g/mol. The van der Waals surface area contributed by atoms with Gasteiger partial charge in [0.2, 0.25) is 5.91 Å². The number of hydrogen-bond acceptors (Lipinski definition) is 5. The van der Waals surface area contributed by atoms with Crippen molar-refractivity contribution >= 4 is 34.2 Å². The molecule has 1 amide bonds. The van der Waals surface area contributed by atoms with Gasteiger partial charge in [-0.15, -0.1) is 11.3 Å². The van der Waals surface area contributed by atoms with Gasteiger partial charge in [-0.25, -0.2) is 4.79 Å². The number of ether oxygens (including phenoxy) is 1. The van der Waals surface area contributed by atoms with Crippen molar-refractivity contribution in [1.29, 1.82) is 0 Å². The minimum absolute atomic E-state index is 0.0674. The van der Waals surface area contributed by atoms with Gasteiger partial charge in [-0.05, 0) is 61.6 Å². The Labute approximate surface area is 179 Å². The van der Waals surface area contributed by atoms with Crippen molar-refractivity contribution in [2.75, 3.05) is 12.4 Å². The zero-order valence-electron chi connectivity index (χ0n) is 17.2. The molecule has 2 aliphatic carbocycles. The van der Waals surface area contributed by atoms with Gasteiger partial charge in [-0.3, -0.25) is 9.59 Å². The first-order valence-electron chi connectivity index (χ1n) is 10.1. The van der Waals surface area contributed by atoms with Crippen LogP contribution in [-0.4, -0.2) is 30.1 Å². The van der Waals surface area contributed by atoms with Gasteiger partial charge in [0.05, 0.1) is 18.9 Å². The minimum atomic E-state index is -0.905. The fourth-order valence-corrected chi connectivity index (χ4v) is 6.06. The third-order valence-electron chi connectivity index (χ3n) is 6.74. The van der Waals surface area contributed by atoms with E-state index in [1.165, 1.54) is 18.4 Å². The lowest BCUT2D eigenvalue weighted by molar-refractivity contribution is -0.148. The van der Waals surface area contributed by atoms with E-state index in [0.717, 1.165) is 36.0 Å². The summed E-state index contributed by atoms with van der Waals surface area (Å²) in [6.45, 7) is 4.03. The third-order valence-corrected chi connectivity index (χ3v) is 7.63. The lowest BCUT2D eigenvalue weighted by atomic mass is 9.78. The molecular formula is C23H25NO5S. The number of methoxy groups -OCH3 is 1. The number of amides is 1. The van der Waals surface area contributed by atoms with E-state index in [2.05, 4.69) is 5.32 Å². The number of carboxylic acid groups (broad SMARTS) is 1. The van der Waals surface area contributed by atoms with Crippen LogP contribution in [0.1, 0.15) is 40.7 Å². The molecule has 0 radical (unpaired) electrons. The van der Waals surface area contributed by atoms with Gasteiger partial charge in [-0.2, -0.15) is 0 Å². The van der Waals surface area contributed by atoms with Crippen LogP contribution in [0.5, 0.6) is 0 Å². The molecule has 2 aliphatic rings. The first kappa shape index (κ1) is 20.6. The Bertz CT molecular complexity index is 1030. The summed E-state index contributed by atoms with van der Waals surface area (Å²) in [5.41, 5.74) is 4.14. The highest BCUT2D eigenvalue weighted by molar-refractivity contribution is 7.15. The van der Waals surface area contributed by atoms with Gasteiger partial charge in [0.1, 0.15) is 10.6 Å². The van der Waals surface area contributed by atoms with E-state index >= 15 is 0 Å². The van der Waals surface area contributed by atoms with Crippen LogP contribution in [0.4, 0.5) is 5.00 Å². The standard InChI is InChI=1S/C23H25NO5S/c1-11-4-5-13(8-12(11)2)16-10-30-21(19(16)23(28)29-3)24-20(25)17-14-6-7-15(9-14)18(17)22(26)27/h4-5,8,10,14-15,17-18H,6-7,9H2,1-3H3,(H,24,25)(H,26,27)/t14-,15+,17+,18+/m1/s1. The third kappa shape index (κ3) is 3.41. The number of carboxylic acids is 1. The maximum absolute atomic E-state index is 13.1. The van der Waals surface area contributed by atoms with E-state index in [1.807, 2.05) is 37.4 Å². The largest absolute Gasteiger partial charge is 0.481 e. The highest BCUT2D eigenvalue weighted by Crippen LogP contribution is 2.53. The number of anilines is 1. The van der Waals surface area contributed by atoms with Crippen molar-refractivity contribution in [3.05, 3.63) is 40.3 Å². The normalized spacial score (nSPS) is 24.6. The van der Waals surface area contributed by atoms with Gasteiger partial charge in [0.15, 0.2) is 0 Å². The summed E-state index contributed by atoms with van der Waals surface area (Å²) in [6, 6.07) is 5.94. The highest BCUT2D eigenvalue weighted by atomic mass is 32.1. The zero-order valence-corrected chi connectivity index (χ0v) is 18.0. The molecule has 2 N–H and O–H groups in total. The molecule has 0 saturated heterocycles. The number of esters is 1. The van der Waals surface area contributed by atoms with Crippen LogP contribution >= 0.6 is 11.3 Å². The lowest BCUT2D eigenvalue weighted by Gasteiger charge is -2.26. The van der Waals surface area contributed by atoms with E-state index in [1.54, 1.807) is 0 Å². The summed E-state index contributed by atoms with van der Waals surface area (Å²) < 4.78 is 4.99. The van der Waals surface area contributed by atoms with E-state index in [4.69, 9.17) is 4.74 Å². The van der Waals surface area contributed by atoms with Gasteiger partial charge in [-0.1, -0.05) is 18.2 Å². The Morgan fingerprint density at radius 1 is 1.10 bits per heavy atom. The molecule has 4 rings (SSSR count). The van der Waals surface area contributed by atoms with Crippen LogP contribution < -0.4 is 5.32 Å². The van der Waals surface area contributed by atoms with Gasteiger partial charge >= 0.3 is 11.9 Å². The molecule has 1 aromatic heterocycles. The smallest absolute Gasteiger partial charge is 0.341 e. The first-order valence-corrected chi connectivity index (χ1v) is 11.0. The van der Waals surface area contributed by atoms with Gasteiger partial charge in [0, 0.05) is 10.9 Å². The average molecular weight is 428 g/mol. The predicted octanol–water partition coefficient (Wildman–Crippen LogP) is 4.50. The molecule has 6 nitrogen and oxygen atoms in total. The number of thiophene rings is 1. The Balaban J connectivity index is 1.67. The zero-order chi connectivity index (χ0) is 21.6. The molecule has 30 heavy (non-hydrogen) atoms. The molecule has 0 aliphatic heterocycles. The maximum Gasteiger partial charge on any atom is 0.341 e. The van der Waals surface area contributed by atoms with Gasteiger partial charge in [0.25, 0.3) is 0 Å². The fourth-order valence-electron chi connectivity index (χ4n) is 5.10. The second-order valence-corrected chi connectivity index (χ2v) is 9.24. The van der Waals surface area contributed by atoms with Crippen molar-refractivity contribution in [2.45, 2.75) is 33.1 Å². The quantitative estimate of drug-likeness (QED) is 0.685. The number of rotatable bonds is 5. The van der Waals surface area contributed by atoms with E-state index in [-0.39, 0.29) is 17.7 Å². The number of benzene rings is 1. The highest BCUT2D eigenvalue weighted by Gasteiger charge is 2.54. The van der Waals surface area contributed by atoms with Crippen LogP contribution in [0, 0.1) is 37.5 Å². The first-order chi connectivity index (χ1) is 14.3. The maximum atomic E-state index is 13.1. The number of nitrogens with one attached hydrogen (secondary N) is 1. The molecule has 0 unspecified atom stereocenters. The molecule has 4 atom stereocenters. The number of carbonyl (C=O) groups is 3. The summed E-state index contributed by atoms with van der Waals surface area (Å²) in [6.07, 6.45) is 2.54. The number of aliphatic carboxylic acids is 1. The van der Waals surface area contributed by atoms with Crippen molar-refractivity contribution in [2.24, 2.45) is 23.7 Å².